The van der Waals surface area contributed by atoms with Crippen molar-refractivity contribution >= 4 is 33.2 Å². The molecular weight excluding hydrogens is 400 g/mol. The Morgan fingerprint density at radius 2 is 1.59 bits per heavy atom. The standard InChI is InChI=1S/C23H21BrN2O/c1-15(2)16-11-13-17(14-12-16)26-22(18-7-3-5-9-20(18)24)25-21-10-6-4-8-19(21)23(26)27/h3-15,22,25H,1-2H3. The molecule has 136 valence electrons. The number of amides is 1. The van der Waals surface area contributed by atoms with E-state index in [1.165, 1.54) is 5.56 Å². The summed E-state index contributed by atoms with van der Waals surface area (Å²) in [6, 6.07) is 24.0. The van der Waals surface area contributed by atoms with Crippen LogP contribution in [0.1, 0.15) is 47.4 Å². The second-order valence-electron chi connectivity index (χ2n) is 7.04. The SMILES string of the molecule is CC(C)c1ccc(N2C(=O)c3ccccc3NC2c2ccccc2Br)cc1. The average Bonchev–Trinajstić information content (AvgIpc) is 2.68. The van der Waals surface area contributed by atoms with E-state index < -0.39 is 0 Å². The van der Waals surface area contributed by atoms with Crippen LogP contribution in [-0.4, -0.2) is 5.91 Å². The molecule has 4 rings (SSSR count). The van der Waals surface area contributed by atoms with Gasteiger partial charge in [-0.3, -0.25) is 9.69 Å². The molecule has 0 radical (unpaired) electrons. The molecule has 0 fully saturated rings. The van der Waals surface area contributed by atoms with Crippen molar-refractivity contribution in [3.8, 4) is 0 Å². The molecule has 0 spiro atoms. The van der Waals surface area contributed by atoms with Crippen LogP contribution in [0.3, 0.4) is 0 Å². The molecule has 1 aliphatic rings. The fraction of sp³-hybridized carbons (Fsp3) is 0.174. The topological polar surface area (TPSA) is 32.3 Å². The molecule has 0 saturated carbocycles. The van der Waals surface area contributed by atoms with Gasteiger partial charge in [0.25, 0.3) is 5.91 Å². The number of nitrogens with one attached hydrogen (secondary N) is 1. The number of para-hydroxylation sites is 1. The van der Waals surface area contributed by atoms with E-state index in [2.05, 4.69) is 47.2 Å². The number of carbonyl (C=O) groups is 1. The van der Waals surface area contributed by atoms with Crippen molar-refractivity contribution in [3.63, 3.8) is 0 Å². The van der Waals surface area contributed by atoms with E-state index >= 15 is 0 Å². The van der Waals surface area contributed by atoms with Crippen molar-refractivity contribution in [3.05, 3.63) is 94.0 Å². The van der Waals surface area contributed by atoms with E-state index in [9.17, 15) is 4.79 Å². The number of nitrogens with zero attached hydrogens (tertiary/aromatic N) is 1. The first-order chi connectivity index (χ1) is 13.1. The largest absolute Gasteiger partial charge is 0.360 e. The lowest BCUT2D eigenvalue weighted by Gasteiger charge is -2.38. The third kappa shape index (κ3) is 3.26. The maximum Gasteiger partial charge on any atom is 0.262 e. The quantitative estimate of drug-likeness (QED) is 0.535. The first kappa shape index (κ1) is 17.8. The first-order valence-corrected chi connectivity index (χ1v) is 9.89. The molecule has 3 aromatic rings. The van der Waals surface area contributed by atoms with Gasteiger partial charge < -0.3 is 5.32 Å². The molecule has 1 unspecified atom stereocenters. The number of halogens is 1. The highest BCUT2D eigenvalue weighted by atomic mass is 79.9. The van der Waals surface area contributed by atoms with Gasteiger partial charge in [0.1, 0.15) is 6.17 Å². The number of carbonyl (C=O) groups excluding carboxylic acids is 1. The van der Waals surface area contributed by atoms with Crippen LogP contribution < -0.4 is 10.2 Å². The van der Waals surface area contributed by atoms with Gasteiger partial charge in [0.05, 0.1) is 5.56 Å². The minimum absolute atomic E-state index is 0.00222. The van der Waals surface area contributed by atoms with Crippen LogP contribution in [0.2, 0.25) is 0 Å². The molecule has 0 saturated heterocycles. The summed E-state index contributed by atoms with van der Waals surface area (Å²) in [4.78, 5) is 15.2. The summed E-state index contributed by atoms with van der Waals surface area (Å²) >= 11 is 3.64. The Labute approximate surface area is 168 Å². The predicted molar refractivity (Wildman–Crippen MR) is 114 cm³/mol. The number of rotatable bonds is 3. The predicted octanol–water partition coefficient (Wildman–Crippen LogP) is 6.34. The third-order valence-corrected chi connectivity index (χ3v) is 5.69. The maximum atomic E-state index is 13.4. The van der Waals surface area contributed by atoms with Gasteiger partial charge >= 0.3 is 0 Å². The molecule has 27 heavy (non-hydrogen) atoms. The van der Waals surface area contributed by atoms with Crippen molar-refractivity contribution < 1.29 is 4.79 Å². The Hall–Kier alpha value is -2.59. The Bertz CT molecular complexity index is 982. The minimum Gasteiger partial charge on any atom is -0.360 e. The summed E-state index contributed by atoms with van der Waals surface area (Å²) < 4.78 is 0.971. The zero-order valence-electron chi connectivity index (χ0n) is 15.3. The highest BCUT2D eigenvalue weighted by Crippen LogP contribution is 2.39. The van der Waals surface area contributed by atoms with Gasteiger partial charge in [-0.15, -0.1) is 0 Å². The Morgan fingerprint density at radius 1 is 0.926 bits per heavy atom. The van der Waals surface area contributed by atoms with Crippen LogP contribution in [0.4, 0.5) is 11.4 Å². The summed E-state index contributed by atoms with van der Waals surface area (Å²) in [5.41, 5.74) is 4.71. The molecule has 0 aromatic heterocycles. The molecule has 4 heteroatoms. The molecule has 0 bridgehead atoms. The molecule has 1 heterocycles. The normalized spacial score (nSPS) is 16.2. The van der Waals surface area contributed by atoms with Crippen LogP contribution in [0.15, 0.2) is 77.3 Å². The van der Waals surface area contributed by atoms with E-state index in [0.29, 0.717) is 11.5 Å². The second kappa shape index (κ2) is 7.20. The number of benzene rings is 3. The Kier molecular flexibility index (Phi) is 4.75. The molecule has 3 aromatic carbocycles. The van der Waals surface area contributed by atoms with Crippen molar-refractivity contribution in [2.75, 3.05) is 10.2 Å². The van der Waals surface area contributed by atoms with Gasteiger partial charge in [-0.2, -0.15) is 0 Å². The lowest BCUT2D eigenvalue weighted by atomic mass is 10.0. The van der Waals surface area contributed by atoms with E-state index in [1.54, 1.807) is 0 Å². The maximum absolute atomic E-state index is 13.4. The monoisotopic (exact) mass is 420 g/mol. The first-order valence-electron chi connectivity index (χ1n) is 9.10. The lowest BCUT2D eigenvalue weighted by molar-refractivity contribution is 0.0975. The Morgan fingerprint density at radius 3 is 2.30 bits per heavy atom. The highest BCUT2D eigenvalue weighted by Gasteiger charge is 2.34. The molecule has 1 atom stereocenters. The third-order valence-electron chi connectivity index (χ3n) is 4.96. The number of hydrogen-bond donors (Lipinski definition) is 1. The molecule has 1 N–H and O–H groups in total. The van der Waals surface area contributed by atoms with Crippen molar-refractivity contribution in [1.82, 2.24) is 0 Å². The smallest absolute Gasteiger partial charge is 0.262 e. The van der Waals surface area contributed by atoms with E-state index in [0.717, 1.165) is 21.4 Å². The van der Waals surface area contributed by atoms with Gasteiger partial charge in [0.2, 0.25) is 0 Å². The summed E-state index contributed by atoms with van der Waals surface area (Å²) in [6.07, 6.45) is -0.284. The van der Waals surface area contributed by atoms with Crippen LogP contribution in [0, 0.1) is 0 Å². The molecule has 1 amide bonds. The zero-order valence-corrected chi connectivity index (χ0v) is 16.9. The molecule has 1 aliphatic heterocycles. The van der Waals surface area contributed by atoms with E-state index in [-0.39, 0.29) is 12.1 Å². The van der Waals surface area contributed by atoms with Gasteiger partial charge in [0, 0.05) is 21.4 Å². The zero-order chi connectivity index (χ0) is 19.0. The van der Waals surface area contributed by atoms with E-state index in [4.69, 9.17) is 0 Å². The molecule has 0 aliphatic carbocycles. The van der Waals surface area contributed by atoms with Crippen molar-refractivity contribution in [2.45, 2.75) is 25.9 Å². The summed E-state index contributed by atoms with van der Waals surface area (Å²) in [6.45, 7) is 4.34. The van der Waals surface area contributed by atoms with Crippen molar-refractivity contribution in [1.29, 1.82) is 0 Å². The number of fused-ring (bicyclic) bond motifs is 1. The highest BCUT2D eigenvalue weighted by molar-refractivity contribution is 9.10. The fourth-order valence-electron chi connectivity index (χ4n) is 3.45. The van der Waals surface area contributed by atoms with E-state index in [1.807, 2.05) is 65.6 Å². The van der Waals surface area contributed by atoms with Crippen LogP contribution >= 0.6 is 15.9 Å². The fourth-order valence-corrected chi connectivity index (χ4v) is 3.96. The van der Waals surface area contributed by atoms with Gasteiger partial charge in [-0.05, 0) is 41.8 Å². The summed E-state index contributed by atoms with van der Waals surface area (Å²) in [7, 11) is 0. The van der Waals surface area contributed by atoms with Gasteiger partial charge in [-0.1, -0.05) is 72.2 Å². The summed E-state index contributed by atoms with van der Waals surface area (Å²) in [5.74, 6) is 0.455. The molecule has 3 nitrogen and oxygen atoms in total. The molecular formula is C23H21BrN2O. The van der Waals surface area contributed by atoms with Crippen LogP contribution in [0.5, 0.6) is 0 Å². The van der Waals surface area contributed by atoms with Gasteiger partial charge in [-0.25, -0.2) is 0 Å². The number of anilines is 2. The van der Waals surface area contributed by atoms with Gasteiger partial charge in [0.15, 0.2) is 0 Å². The second-order valence-corrected chi connectivity index (χ2v) is 7.89. The lowest BCUT2D eigenvalue weighted by Crippen LogP contribution is -2.43. The Balaban J connectivity index is 1.84. The number of hydrogen-bond acceptors (Lipinski definition) is 2. The summed E-state index contributed by atoms with van der Waals surface area (Å²) in [5, 5.41) is 3.55. The van der Waals surface area contributed by atoms with Crippen molar-refractivity contribution in [2.24, 2.45) is 0 Å². The van der Waals surface area contributed by atoms with Crippen LogP contribution in [0.25, 0.3) is 0 Å². The van der Waals surface area contributed by atoms with Crippen LogP contribution in [-0.2, 0) is 0 Å². The average molecular weight is 421 g/mol. The minimum atomic E-state index is -0.284.